The molecule has 1 aliphatic heterocycles. The standard InChI is InChI=1S/C19H27N3O20P4/c1-2-10-35-43(28,29)40-45(32,33)42-46(34,39-27)41-44(30,31)36-11-13-15(24)16(38-19(26)20-12-6-4-3-5-7-12)17(37-13)22-9-8-14(23)21-18(22)25/h3-9,13,15-17,24,27H,2,10-11H2,1H3,(H,20,26)(H,28,29)(H,30,31)(H,32,33)(H,21,23,25)/t13-,15?,16?,17-,46?/m1/s1. The quantitative estimate of drug-likeness (QED) is 0.0732. The Balaban J connectivity index is 1.74. The van der Waals surface area contributed by atoms with E-state index >= 15 is 0 Å². The number of aliphatic hydroxyl groups excluding tert-OH is 1. The molecule has 3 rings (SSSR count). The molecule has 2 aromatic rings. The van der Waals surface area contributed by atoms with E-state index < -0.39 is 86.4 Å². The van der Waals surface area contributed by atoms with Crippen molar-refractivity contribution in [3.05, 3.63) is 63.4 Å². The number of phosphoric ester groups is 2. The van der Waals surface area contributed by atoms with Crippen LogP contribution in [0, 0.1) is 0 Å². The minimum absolute atomic E-state index is 0.145. The van der Waals surface area contributed by atoms with Crippen molar-refractivity contribution in [2.24, 2.45) is 0 Å². The zero-order valence-corrected chi connectivity index (χ0v) is 26.6. The van der Waals surface area contributed by atoms with Crippen LogP contribution in [0.1, 0.15) is 19.6 Å². The maximum atomic E-state index is 12.5. The van der Waals surface area contributed by atoms with E-state index in [0.717, 1.165) is 12.3 Å². The van der Waals surface area contributed by atoms with Crippen LogP contribution < -0.4 is 16.6 Å². The molecule has 1 aromatic heterocycles. The molecule has 23 nitrogen and oxygen atoms in total. The van der Waals surface area contributed by atoms with Crippen LogP contribution in [0.4, 0.5) is 10.5 Å². The molecule has 0 bridgehead atoms. The van der Waals surface area contributed by atoms with Crippen molar-refractivity contribution < 1.29 is 84.2 Å². The fourth-order valence-corrected chi connectivity index (χ4v) is 8.70. The lowest BCUT2D eigenvalue weighted by molar-refractivity contribution is -0.156. The Hall–Kier alpha value is -2.39. The van der Waals surface area contributed by atoms with E-state index in [-0.39, 0.29) is 12.1 Å². The van der Waals surface area contributed by atoms with Gasteiger partial charge in [-0.2, -0.15) is 12.9 Å². The highest BCUT2D eigenvalue weighted by Crippen LogP contribution is 2.73. The van der Waals surface area contributed by atoms with Gasteiger partial charge in [-0.25, -0.2) is 33.1 Å². The van der Waals surface area contributed by atoms with Gasteiger partial charge in [-0.1, -0.05) is 25.1 Å². The van der Waals surface area contributed by atoms with Gasteiger partial charge in [-0.15, -0.1) is 4.67 Å². The number of rotatable bonds is 16. The first-order valence-corrected chi connectivity index (χ1v) is 18.4. The predicted octanol–water partition coefficient (Wildman–Crippen LogP) is 1.80. The Morgan fingerprint density at radius 3 is 2.22 bits per heavy atom. The number of benzene rings is 1. The Kier molecular flexibility index (Phi) is 13.0. The van der Waals surface area contributed by atoms with Gasteiger partial charge in [0, 0.05) is 18.0 Å². The maximum Gasteiger partial charge on any atom is 0.519 e. The zero-order chi connectivity index (χ0) is 34.3. The van der Waals surface area contributed by atoms with Crippen molar-refractivity contribution >= 4 is 43.1 Å². The van der Waals surface area contributed by atoms with Gasteiger partial charge >= 0.3 is 43.1 Å². The van der Waals surface area contributed by atoms with Crippen LogP contribution in [0.25, 0.3) is 0 Å². The number of ether oxygens (including phenoxy) is 2. The summed E-state index contributed by atoms with van der Waals surface area (Å²) in [5, 5.41) is 22.1. The second-order valence-electron chi connectivity index (χ2n) is 8.74. The van der Waals surface area contributed by atoms with Gasteiger partial charge in [0.15, 0.2) is 12.3 Å². The maximum absolute atomic E-state index is 12.5. The molecule has 27 heteroatoms. The number of amides is 1. The monoisotopic (exact) mass is 741 g/mol. The van der Waals surface area contributed by atoms with E-state index in [2.05, 4.69) is 32.0 Å². The number of nitrogens with one attached hydrogen (secondary N) is 2. The van der Waals surface area contributed by atoms with E-state index in [9.17, 15) is 52.4 Å². The summed E-state index contributed by atoms with van der Waals surface area (Å²) >= 11 is 0. The molecule has 0 radical (unpaired) electrons. The highest BCUT2D eigenvalue weighted by atomic mass is 31.3. The molecule has 1 aliphatic rings. The number of aliphatic hydroxyl groups is 1. The molecule has 1 saturated heterocycles. The lowest BCUT2D eigenvalue weighted by Gasteiger charge is -2.22. The van der Waals surface area contributed by atoms with Crippen LogP contribution in [0.5, 0.6) is 0 Å². The van der Waals surface area contributed by atoms with Gasteiger partial charge in [0.05, 0.1) is 13.2 Å². The molecule has 0 aliphatic carbocycles. The molecule has 258 valence electrons. The first-order valence-electron chi connectivity index (χ1n) is 12.4. The summed E-state index contributed by atoms with van der Waals surface area (Å²) in [4.78, 5) is 67.4. The average molecular weight is 741 g/mol. The molecule has 0 spiro atoms. The number of H-pyrrole nitrogens is 1. The summed E-state index contributed by atoms with van der Waals surface area (Å²) in [6, 6.07) is 8.69. The van der Waals surface area contributed by atoms with E-state index in [1.807, 2.05) is 4.98 Å². The van der Waals surface area contributed by atoms with E-state index in [1.54, 1.807) is 18.2 Å². The number of carbonyl (C=O) groups is 1. The number of nitrogens with zero attached hydrogens (tertiary/aromatic N) is 1. The van der Waals surface area contributed by atoms with Gasteiger partial charge in [0.25, 0.3) is 5.56 Å². The SMILES string of the molecule is CCCOP(=O)(O)OP(=O)(O)OP(=O)(OO)OP(=O)(O)OC[C@H]1O[C@@H](n2ccc(=O)[nH]c2=O)C(OC(=O)Nc2ccccc2)C1O. The first kappa shape index (κ1) is 38.1. The fourth-order valence-electron chi connectivity index (χ4n) is 3.49. The van der Waals surface area contributed by atoms with Crippen molar-refractivity contribution in [2.45, 2.75) is 37.9 Å². The summed E-state index contributed by atoms with van der Waals surface area (Å²) in [5.74, 6) is 0. The van der Waals surface area contributed by atoms with Crippen molar-refractivity contribution in [1.82, 2.24) is 9.55 Å². The highest BCUT2D eigenvalue weighted by molar-refractivity contribution is 7.70. The molecule has 1 fully saturated rings. The molecule has 46 heavy (non-hydrogen) atoms. The fraction of sp³-hybridized carbons (Fsp3) is 0.421. The number of aromatic nitrogens is 2. The Morgan fingerprint density at radius 1 is 0.978 bits per heavy atom. The number of para-hydroxylation sites is 1. The normalized spacial score (nSPS) is 25.0. The van der Waals surface area contributed by atoms with Gasteiger partial charge in [0.2, 0.25) is 0 Å². The molecule has 1 amide bonds. The summed E-state index contributed by atoms with van der Waals surface area (Å²) in [5.41, 5.74) is -1.63. The number of hydrogen-bond acceptors (Lipinski definition) is 17. The van der Waals surface area contributed by atoms with Gasteiger partial charge in [-0.3, -0.25) is 28.7 Å². The minimum Gasteiger partial charge on any atom is -0.438 e. The van der Waals surface area contributed by atoms with Crippen LogP contribution in [0.15, 0.2) is 52.2 Å². The summed E-state index contributed by atoms with van der Waals surface area (Å²) < 4.78 is 83.8. The number of phosphoric acid groups is 4. The number of hydrogen-bond donors (Lipinski definition) is 7. The molecule has 1 aromatic carbocycles. The van der Waals surface area contributed by atoms with Crippen molar-refractivity contribution in [3.8, 4) is 0 Å². The van der Waals surface area contributed by atoms with Crippen LogP contribution in [0.3, 0.4) is 0 Å². The Morgan fingerprint density at radius 2 is 1.61 bits per heavy atom. The summed E-state index contributed by atoms with van der Waals surface area (Å²) in [6.07, 6.45) is -7.24. The van der Waals surface area contributed by atoms with Crippen LogP contribution in [0.2, 0.25) is 0 Å². The number of carbonyl (C=O) groups excluding carboxylic acids is 1. The predicted molar refractivity (Wildman–Crippen MR) is 148 cm³/mol. The molecular formula is C19H27N3O20P4. The number of aromatic amines is 1. The summed E-state index contributed by atoms with van der Waals surface area (Å²) in [6.45, 7) is -0.168. The van der Waals surface area contributed by atoms with Gasteiger partial charge < -0.3 is 29.3 Å². The lowest BCUT2D eigenvalue weighted by atomic mass is 10.1. The van der Waals surface area contributed by atoms with E-state index in [0.29, 0.717) is 4.57 Å². The van der Waals surface area contributed by atoms with Crippen LogP contribution >= 0.6 is 31.3 Å². The Bertz CT molecular complexity index is 1670. The summed E-state index contributed by atoms with van der Waals surface area (Å²) in [7, 11) is -23.2. The van der Waals surface area contributed by atoms with Gasteiger partial charge in [-0.05, 0) is 18.6 Å². The molecule has 0 saturated carbocycles. The molecule has 2 heterocycles. The van der Waals surface area contributed by atoms with Crippen molar-refractivity contribution in [1.29, 1.82) is 0 Å². The van der Waals surface area contributed by atoms with E-state index in [1.165, 1.54) is 19.1 Å². The zero-order valence-electron chi connectivity index (χ0n) is 23.1. The van der Waals surface area contributed by atoms with E-state index in [4.69, 9.17) is 14.7 Å². The van der Waals surface area contributed by atoms with Crippen LogP contribution in [-0.2, 0) is 54.4 Å². The molecule has 6 unspecified atom stereocenters. The molecule has 8 atom stereocenters. The smallest absolute Gasteiger partial charge is 0.438 e. The topological polar surface area (TPSA) is 327 Å². The minimum atomic E-state index is -6.04. The average Bonchev–Trinajstić information content (AvgIpc) is 3.24. The van der Waals surface area contributed by atoms with Crippen LogP contribution in [-0.4, -0.2) is 72.2 Å². The lowest BCUT2D eigenvalue weighted by Crippen LogP contribution is -2.41. The molecule has 7 N–H and O–H groups in total. The highest BCUT2D eigenvalue weighted by Gasteiger charge is 2.51. The Labute approximate surface area is 256 Å². The second kappa shape index (κ2) is 15.7. The third kappa shape index (κ3) is 11.1. The molecular weight excluding hydrogens is 714 g/mol. The third-order valence-electron chi connectivity index (χ3n) is 5.27. The first-order chi connectivity index (χ1) is 21.4. The third-order valence-corrected chi connectivity index (χ3v) is 11.4. The van der Waals surface area contributed by atoms with Crippen molar-refractivity contribution in [3.63, 3.8) is 0 Å². The largest absolute Gasteiger partial charge is 0.519 e. The number of anilines is 1. The van der Waals surface area contributed by atoms with Crippen molar-refractivity contribution in [2.75, 3.05) is 18.5 Å². The van der Waals surface area contributed by atoms with Gasteiger partial charge in [0.1, 0.15) is 12.2 Å². The second-order valence-corrected chi connectivity index (χ2v) is 15.1.